The van der Waals surface area contributed by atoms with Crippen LogP contribution in [0.15, 0.2) is 24.3 Å². The van der Waals surface area contributed by atoms with Crippen LogP contribution in [0.5, 0.6) is 0 Å². The molecule has 1 aromatic carbocycles. The van der Waals surface area contributed by atoms with E-state index in [9.17, 15) is 0 Å². The van der Waals surface area contributed by atoms with E-state index in [1.807, 2.05) is 6.07 Å². The van der Waals surface area contributed by atoms with Gasteiger partial charge in [-0.1, -0.05) is 81.7 Å². The van der Waals surface area contributed by atoms with Crippen molar-refractivity contribution in [3.63, 3.8) is 0 Å². The van der Waals surface area contributed by atoms with Crippen LogP contribution >= 0.6 is 11.6 Å². The van der Waals surface area contributed by atoms with Gasteiger partial charge in [0.25, 0.3) is 0 Å². The van der Waals surface area contributed by atoms with E-state index in [0.29, 0.717) is 0 Å². The molecule has 0 bridgehead atoms. The molecule has 0 spiro atoms. The summed E-state index contributed by atoms with van der Waals surface area (Å²) in [6.45, 7) is 4.44. The summed E-state index contributed by atoms with van der Waals surface area (Å²) in [5.41, 5.74) is 2.60. The molecule has 1 heterocycles. The summed E-state index contributed by atoms with van der Waals surface area (Å²) >= 11 is 6.14. The fourth-order valence-corrected chi connectivity index (χ4v) is 3.15. The van der Waals surface area contributed by atoms with Gasteiger partial charge in [-0.2, -0.15) is 0 Å². The van der Waals surface area contributed by atoms with Crippen LogP contribution in [0.4, 0.5) is 5.69 Å². The predicted octanol–water partition coefficient (Wildman–Crippen LogP) is 6.31. The molecule has 0 saturated carbocycles. The molecule has 0 unspecified atom stereocenters. The smallest absolute Gasteiger partial charge is 0.0457 e. The van der Waals surface area contributed by atoms with Crippen molar-refractivity contribution in [1.29, 1.82) is 0 Å². The van der Waals surface area contributed by atoms with Crippen molar-refractivity contribution in [1.82, 2.24) is 0 Å². The van der Waals surface area contributed by atoms with Crippen LogP contribution < -0.4 is 4.90 Å². The minimum atomic E-state index is 0.838. The third-order valence-electron chi connectivity index (χ3n) is 4.24. The van der Waals surface area contributed by atoms with Gasteiger partial charge in [0.15, 0.2) is 0 Å². The maximum atomic E-state index is 6.14. The Bertz CT molecular complexity index is 453. The first-order valence-corrected chi connectivity index (χ1v) is 8.90. The maximum absolute atomic E-state index is 6.14. The number of unbranched alkanes of at least 4 members (excludes halogenated alkanes) is 7. The molecule has 0 saturated heterocycles. The molecule has 1 aliphatic rings. The van der Waals surface area contributed by atoms with Crippen LogP contribution in [0.1, 0.15) is 63.9 Å². The molecule has 21 heavy (non-hydrogen) atoms. The summed E-state index contributed by atoms with van der Waals surface area (Å²) < 4.78 is 0. The fraction of sp³-hybridized carbons (Fsp3) is 0.579. The monoisotopic (exact) mass is 305 g/mol. The Morgan fingerprint density at radius 1 is 1.00 bits per heavy atom. The largest absolute Gasteiger partial charge is 0.367 e. The summed E-state index contributed by atoms with van der Waals surface area (Å²) in [4.78, 5) is 2.46. The quantitative estimate of drug-likeness (QED) is 0.483. The van der Waals surface area contributed by atoms with Crippen LogP contribution in [0.25, 0.3) is 6.08 Å². The summed E-state index contributed by atoms with van der Waals surface area (Å²) in [6.07, 6.45) is 15.4. The fourth-order valence-electron chi connectivity index (χ4n) is 2.99. The first-order chi connectivity index (χ1) is 10.3. The first kappa shape index (κ1) is 16.4. The Balaban J connectivity index is 1.68. The number of hydrogen-bond acceptors (Lipinski definition) is 1. The van der Waals surface area contributed by atoms with Gasteiger partial charge in [-0.05, 0) is 24.1 Å². The molecule has 0 fully saturated rings. The van der Waals surface area contributed by atoms with Gasteiger partial charge < -0.3 is 4.90 Å². The molecule has 0 radical (unpaired) electrons. The minimum absolute atomic E-state index is 0.838. The van der Waals surface area contributed by atoms with E-state index >= 15 is 0 Å². The van der Waals surface area contributed by atoms with Crippen LogP contribution in [0.3, 0.4) is 0 Å². The number of halogens is 1. The third kappa shape index (κ3) is 5.39. The van der Waals surface area contributed by atoms with Crippen LogP contribution in [-0.4, -0.2) is 13.1 Å². The lowest BCUT2D eigenvalue weighted by Crippen LogP contribution is -2.27. The van der Waals surface area contributed by atoms with E-state index in [-0.39, 0.29) is 0 Å². The summed E-state index contributed by atoms with van der Waals surface area (Å²) in [5.74, 6) is 0. The number of fused-ring (bicyclic) bond motifs is 1. The number of benzene rings is 1. The zero-order valence-corrected chi connectivity index (χ0v) is 14.0. The lowest BCUT2D eigenvalue weighted by atomic mass is 10.1. The van der Waals surface area contributed by atoms with Crippen molar-refractivity contribution < 1.29 is 0 Å². The second kappa shape index (κ2) is 9.15. The summed E-state index contributed by atoms with van der Waals surface area (Å²) in [6, 6.07) is 6.20. The number of anilines is 1. The van der Waals surface area contributed by atoms with Crippen LogP contribution in [-0.2, 0) is 0 Å². The minimum Gasteiger partial charge on any atom is -0.367 e. The van der Waals surface area contributed by atoms with E-state index in [2.05, 4.69) is 36.1 Å². The van der Waals surface area contributed by atoms with Gasteiger partial charge in [0.05, 0.1) is 0 Å². The second-order valence-electron chi connectivity index (χ2n) is 6.03. The molecule has 1 aromatic rings. The van der Waals surface area contributed by atoms with Gasteiger partial charge in [0.2, 0.25) is 0 Å². The predicted molar refractivity (Wildman–Crippen MR) is 95.3 cm³/mol. The number of nitrogens with zero attached hydrogens (tertiary/aromatic N) is 1. The highest BCUT2D eigenvalue weighted by molar-refractivity contribution is 6.31. The second-order valence-corrected chi connectivity index (χ2v) is 6.46. The van der Waals surface area contributed by atoms with Gasteiger partial charge in [0, 0.05) is 23.8 Å². The third-order valence-corrected chi connectivity index (χ3v) is 4.47. The highest BCUT2D eigenvalue weighted by Gasteiger charge is 2.12. The molecule has 1 aliphatic heterocycles. The van der Waals surface area contributed by atoms with Crippen molar-refractivity contribution in [2.24, 2.45) is 0 Å². The standard InChI is InChI=1S/C19H28ClN/c1-2-3-4-5-6-7-8-9-14-21-15-10-11-17-12-13-18(20)16-19(17)21/h10-13,16H,2-9,14-15H2,1H3. The van der Waals surface area contributed by atoms with Crippen molar-refractivity contribution in [3.05, 3.63) is 34.9 Å². The Labute approximate surface area is 135 Å². The van der Waals surface area contributed by atoms with Crippen LogP contribution in [0, 0.1) is 0 Å². The van der Waals surface area contributed by atoms with E-state index in [1.54, 1.807) is 0 Å². The Morgan fingerprint density at radius 3 is 2.48 bits per heavy atom. The van der Waals surface area contributed by atoms with E-state index in [0.717, 1.165) is 18.1 Å². The zero-order valence-electron chi connectivity index (χ0n) is 13.3. The zero-order chi connectivity index (χ0) is 14.9. The Morgan fingerprint density at radius 2 is 1.71 bits per heavy atom. The van der Waals surface area contributed by atoms with Gasteiger partial charge in [-0.3, -0.25) is 0 Å². The first-order valence-electron chi connectivity index (χ1n) is 8.52. The maximum Gasteiger partial charge on any atom is 0.0457 e. The van der Waals surface area contributed by atoms with Gasteiger partial charge >= 0.3 is 0 Å². The summed E-state index contributed by atoms with van der Waals surface area (Å²) in [5, 5.41) is 0.838. The highest BCUT2D eigenvalue weighted by Crippen LogP contribution is 2.29. The van der Waals surface area contributed by atoms with Crippen LogP contribution in [0.2, 0.25) is 5.02 Å². The normalized spacial score (nSPS) is 13.5. The molecule has 1 nitrogen and oxygen atoms in total. The van der Waals surface area contributed by atoms with E-state index < -0.39 is 0 Å². The Hall–Kier alpha value is -0.950. The molecule has 2 heteroatoms. The van der Waals surface area contributed by atoms with E-state index in [1.165, 1.54) is 62.6 Å². The molecule has 0 atom stereocenters. The van der Waals surface area contributed by atoms with Crippen molar-refractivity contribution in [2.45, 2.75) is 58.3 Å². The number of hydrogen-bond donors (Lipinski definition) is 0. The molecule has 116 valence electrons. The van der Waals surface area contributed by atoms with Crippen molar-refractivity contribution in [3.8, 4) is 0 Å². The number of rotatable bonds is 9. The van der Waals surface area contributed by atoms with Crippen molar-refractivity contribution >= 4 is 23.4 Å². The molecular weight excluding hydrogens is 278 g/mol. The molecular formula is C19H28ClN. The van der Waals surface area contributed by atoms with Crippen molar-refractivity contribution in [2.75, 3.05) is 18.0 Å². The SMILES string of the molecule is CCCCCCCCCCN1CC=Cc2ccc(Cl)cc21. The molecule has 0 N–H and O–H groups in total. The molecule has 0 aliphatic carbocycles. The summed E-state index contributed by atoms with van der Waals surface area (Å²) in [7, 11) is 0. The lowest BCUT2D eigenvalue weighted by molar-refractivity contribution is 0.573. The van der Waals surface area contributed by atoms with E-state index in [4.69, 9.17) is 11.6 Å². The molecule has 2 rings (SSSR count). The Kier molecular flexibility index (Phi) is 7.15. The molecule has 0 amide bonds. The highest BCUT2D eigenvalue weighted by atomic mass is 35.5. The van der Waals surface area contributed by atoms with Gasteiger partial charge in [-0.15, -0.1) is 0 Å². The average Bonchev–Trinajstić information content (AvgIpc) is 2.50. The average molecular weight is 306 g/mol. The molecule has 0 aromatic heterocycles. The lowest BCUT2D eigenvalue weighted by Gasteiger charge is -2.28. The topological polar surface area (TPSA) is 3.24 Å². The van der Waals surface area contributed by atoms with Gasteiger partial charge in [-0.25, -0.2) is 0 Å². The van der Waals surface area contributed by atoms with Gasteiger partial charge in [0.1, 0.15) is 0 Å².